The van der Waals surface area contributed by atoms with Crippen LogP contribution in [0.1, 0.15) is 15.9 Å². The lowest BCUT2D eigenvalue weighted by Crippen LogP contribution is -2.12. The van der Waals surface area contributed by atoms with Crippen LogP contribution in [0, 0.1) is 0 Å². The van der Waals surface area contributed by atoms with Crippen LogP contribution in [0.4, 0.5) is 13.2 Å². The molecule has 0 aliphatic heterocycles. The van der Waals surface area contributed by atoms with Crippen LogP contribution < -0.4 is 4.74 Å². The van der Waals surface area contributed by atoms with E-state index in [1.165, 1.54) is 13.2 Å². The first kappa shape index (κ1) is 13.5. The molecule has 0 radical (unpaired) electrons. The number of hydrogen-bond donors (Lipinski definition) is 0. The van der Waals surface area contributed by atoms with E-state index in [2.05, 4.69) is 4.74 Å². The van der Waals surface area contributed by atoms with Crippen molar-refractivity contribution < 1.29 is 27.4 Å². The van der Waals surface area contributed by atoms with E-state index in [4.69, 9.17) is 4.74 Å². The summed E-state index contributed by atoms with van der Waals surface area (Å²) in [7, 11) is 1.42. The third kappa shape index (κ3) is 3.74. The summed E-state index contributed by atoms with van der Waals surface area (Å²) in [6, 6.07) is 3.15. The molecule has 0 saturated heterocycles. The molecule has 1 aromatic rings. The van der Waals surface area contributed by atoms with E-state index in [9.17, 15) is 18.0 Å². The quantitative estimate of drug-likeness (QED) is 0.593. The molecule has 0 bridgehead atoms. The van der Waals surface area contributed by atoms with Crippen LogP contribution in [0.15, 0.2) is 18.2 Å². The summed E-state index contributed by atoms with van der Waals surface area (Å²) >= 11 is 0. The Labute approximate surface area is 96.1 Å². The molecule has 0 spiro atoms. The second-order valence-corrected chi connectivity index (χ2v) is 3.21. The molecule has 0 amide bonds. The van der Waals surface area contributed by atoms with Crippen molar-refractivity contribution >= 4 is 6.29 Å². The van der Waals surface area contributed by atoms with Crippen molar-refractivity contribution in [3.63, 3.8) is 0 Å². The van der Waals surface area contributed by atoms with Crippen LogP contribution >= 0.6 is 0 Å². The molecule has 1 rings (SSSR count). The van der Waals surface area contributed by atoms with Gasteiger partial charge in [0, 0.05) is 12.7 Å². The van der Waals surface area contributed by atoms with Crippen molar-refractivity contribution in [2.75, 3.05) is 20.3 Å². The fourth-order valence-electron chi connectivity index (χ4n) is 1.20. The second-order valence-electron chi connectivity index (χ2n) is 3.21. The first-order valence-corrected chi connectivity index (χ1v) is 4.77. The van der Waals surface area contributed by atoms with Crippen LogP contribution in [0.25, 0.3) is 0 Å². The summed E-state index contributed by atoms with van der Waals surface area (Å²) in [6.45, 7) is 0.201. The minimum atomic E-state index is -4.55. The van der Waals surface area contributed by atoms with Crippen molar-refractivity contribution in [2.24, 2.45) is 0 Å². The Morgan fingerprint density at radius 3 is 2.53 bits per heavy atom. The lowest BCUT2D eigenvalue weighted by Gasteiger charge is -2.14. The second kappa shape index (κ2) is 5.67. The largest absolute Gasteiger partial charge is 0.491 e. The summed E-state index contributed by atoms with van der Waals surface area (Å²) in [5.41, 5.74) is -1.00. The molecular weight excluding hydrogens is 237 g/mol. The highest BCUT2D eigenvalue weighted by atomic mass is 19.4. The molecule has 0 heterocycles. The van der Waals surface area contributed by atoms with Gasteiger partial charge in [0.25, 0.3) is 0 Å². The molecule has 0 aromatic heterocycles. The fraction of sp³-hybridized carbons (Fsp3) is 0.364. The van der Waals surface area contributed by atoms with E-state index in [1.807, 2.05) is 0 Å². The van der Waals surface area contributed by atoms with Crippen LogP contribution in [-0.4, -0.2) is 26.6 Å². The minimum Gasteiger partial charge on any atom is -0.491 e. The molecule has 3 nitrogen and oxygen atoms in total. The maximum Gasteiger partial charge on any atom is 0.419 e. The number of halogens is 3. The third-order valence-electron chi connectivity index (χ3n) is 1.99. The lowest BCUT2D eigenvalue weighted by molar-refractivity contribution is -0.139. The number of ether oxygens (including phenoxy) is 2. The number of alkyl halides is 3. The predicted octanol–water partition coefficient (Wildman–Crippen LogP) is 2.54. The Bertz CT molecular complexity index is 388. The number of methoxy groups -OCH3 is 1. The number of carbonyl (C=O) groups excluding carboxylic acids is 1. The highest BCUT2D eigenvalue weighted by molar-refractivity contribution is 5.75. The number of aldehydes is 1. The van der Waals surface area contributed by atoms with Gasteiger partial charge in [0.2, 0.25) is 0 Å². The van der Waals surface area contributed by atoms with Crippen molar-refractivity contribution in [3.05, 3.63) is 29.3 Å². The maximum absolute atomic E-state index is 12.6. The monoisotopic (exact) mass is 248 g/mol. The standard InChI is InChI=1S/C11H11F3O3/c1-16-4-5-17-10-3-2-8(7-15)6-9(10)11(12,13)14/h2-3,6-7H,4-5H2,1H3. The van der Waals surface area contributed by atoms with E-state index >= 15 is 0 Å². The molecule has 0 unspecified atom stereocenters. The van der Waals surface area contributed by atoms with Gasteiger partial charge in [0.1, 0.15) is 18.6 Å². The number of carbonyl (C=O) groups is 1. The van der Waals surface area contributed by atoms with Crippen LogP contribution in [-0.2, 0) is 10.9 Å². The van der Waals surface area contributed by atoms with Gasteiger partial charge in [-0.05, 0) is 18.2 Å². The van der Waals surface area contributed by atoms with Gasteiger partial charge in [0.15, 0.2) is 0 Å². The Morgan fingerprint density at radius 2 is 2.00 bits per heavy atom. The lowest BCUT2D eigenvalue weighted by atomic mass is 10.1. The molecule has 0 saturated carbocycles. The molecule has 0 fully saturated rings. The Morgan fingerprint density at radius 1 is 1.29 bits per heavy atom. The molecule has 1 aromatic carbocycles. The molecular formula is C11H11F3O3. The number of rotatable bonds is 5. The first-order valence-electron chi connectivity index (χ1n) is 4.77. The summed E-state index contributed by atoms with van der Waals surface area (Å²) < 4.78 is 47.6. The molecule has 0 N–H and O–H groups in total. The van der Waals surface area contributed by atoms with Gasteiger partial charge in [-0.15, -0.1) is 0 Å². The third-order valence-corrected chi connectivity index (χ3v) is 1.99. The minimum absolute atomic E-state index is 0.0139. The topological polar surface area (TPSA) is 35.5 Å². The summed E-state index contributed by atoms with van der Waals surface area (Å²) in [5.74, 6) is -0.305. The van der Waals surface area contributed by atoms with Gasteiger partial charge in [-0.2, -0.15) is 13.2 Å². The number of benzene rings is 1. The van der Waals surface area contributed by atoms with Gasteiger partial charge in [-0.25, -0.2) is 0 Å². The van der Waals surface area contributed by atoms with Crippen molar-refractivity contribution in [2.45, 2.75) is 6.18 Å². The molecule has 6 heteroatoms. The fourth-order valence-corrected chi connectivity index (χ4v) is 1.20. The zero-order valence-electron chi connectivity index (χ0n) is 9.08. The van der Waals surface area contributed by atoms with Gasteiger partial charge in [-0.1, -0.05) is 0 Å². The molecule has 17 heavy (non-hydrogen) atoms. The average molecular weight is 248 g/mol. The highest BCUT2D eigenvalue weighted by Gasteiger charge is 2.34. The average Bonchev–Trinajstić information content (AvgIpc) is 2.28. The molecule has 0 aliphatic carbocycles. The maximum atomic E-state index is 12.6. The Balaban J connectivity index is 2.98. The first-order chi connectivity index (χ1) is 7.99. The van der Waals surface area contributed by atoms with E-state index in [0.29, 0.717) is 6.29 Å². The van der Waals surface area contributed by atoms with Crippen LogP contribution in [0.3, 0.4) is 0 Å². The highest BCUT2D eigenvalue weighted by Crippen LogP contribution is 2.36. The Hall–Kier alpha value is -1.56. The summed E-state index contributed by atoms with van der Waals surface area (Å²) in [5, 5.41) is 0. The van der Waals surface area contributed by atoms with Crippen molar-refractivity contribution in [3.8, 4) is 5.75 Å². The van der Waals surface area contributed by atoms with Gasteiger partial charge >= 0.3 is 6.18 Å². The van der Waals surface area contributed by atoms with Crippen LogP contribution in [0.2, 0.25) is 0 Å². The van der Waals surface area contributed by atoms with Gasteiger partial charge in [-0.3, -0.25) is 4.79 Å². The van der Waals surface area contributed by atoms with Crippen molar-refractivity contribution in [1.29, 1.82) is 0 Å². The number of hydrogen-bond acceptors (Lipinski definition) is 3. The molecule has 94 valence electrons. The zero-order chi connectivity index (χ0) is 12.9. The SMILES string of the molecule is COCCOc1ccc(C=O)cc1C(F)(F)F. The van der Waals surface area contributed by atoms with E-state index in [1.54, 1.807) is 0 Å². The smallest absolute Gasteiger partial charge is 0.419 e. The van der Waals surface area contributed by atoms with Gasteiger partial charge in [0.05, 0.1) is 12.2 Å². The zero-order valence-corrected chi connectivity index (χ0v) is 9.08. The van der Waals surface area contributed by atoms with Crippen molar-refractivity contribution in [1.82, 2.24) is 0 Å². The Kier molecular flexibility index (Phi) is 4.51. The molecule has 0 atom stereocenters. The predicted molar refractivity (Wildman–Crippen MR) is 54.2 cm³/mol. The summed E-state index contributed by atoms with van der Waals surface area (Å²) in [6.07, 6.45) is -4.20. The van der Waals surface area contributed by atoms with Gasteiger partial charge < -0.3 is 9.47 Å². The molecule has 0 aliphatic rings. The van der Waals surface area contributed by atoms with Crippen LogP contribution in [0.5, 0.6) is 5.75 Å². The van der Waals surface area contributed by atoms with E-state index in [-0.39, 0.29) is 24.5 Å². The summed E-state index contributed by atoms with van der Waals surface area (Å²) in [4.78, 5) is 10.4. The normalized spacial score (nSPS) is 11.3. The van der Waals surface area contributed by atoms with E-state index in [0.717, 1.165) is 12.1 Å². The van der Waals surface area contributed by atoms with E-state index < -0.39 is 11.7 Å².